The van der Waals surface area contributed by atoms with Gasteiger partial charge in [-0.1, -0.05) is 6.92 Å². The van der Waals surface area contributed by atoms with Gasteiger partial charge in [-0.05, 0) is 30.2 Å². The Balaban J connectivity index is 1.72. The lowest BCUT2D eigenvalue weighted by atomic mass is 10.1. The molecule has 1 N–H and O–H groups in total. The van der Waals surface area contributed by atoms with Crippen molar-refractivity contribution < 1.29 is 14.3 Å². The molecule has 21 heavy (non-hydrogen) atoms. The Morgan fingerprint density at radius 3 is 2.95 bits per heavy atom. The maximum Gasteiger partial charge on any atom is 0.321 e. The highest BCUT2D eigenvalue weighted by molar-refractivity contribution is 7.99. The van der Waals surface area contributed by atoms with Crippen molar-refractivity contribution >= 4 is 23.5 Å². The van der Waals surface area contributed by atoms with E-state index in [0.29, 0.717) is 11.7 Å². The average molecular weight is 308 g/mol. The summed E-state index contributed by atoms with van der Waals surface area (Å²) in [6, 6.07) is 3.70. The number of aryl methyl sites for hydroxylation is 1. The van der Waals surface area contributed by atoms with E-state index in [2.05, 4.69) is 12.2 Å². The molecule has 114 valence electrons. The van der Waals surface area contributed by atoms with Crippen LogP contribution in [0.4, 0.5) is 10.5 Å². The maximum atomic E-state index is 12.5. The van der Waals surface area contributed by atoms with Crippen molar-refractivity contribution in [2.24, 2.45) is 5.92 Å². The molecule has 1 atom stereocenters. The summed E-state index contributed by atoms with van der Waals surface area (Å²) in [5.41, 5.74) is 1.76. The number of nitrogens with zero attached hydrogens (tertiary/aromatic N) is 1. The molecule has 0 saturated carbocycles. The highest BCUT2D eigenvalue weighted by atomic mass is 32.2. The zero-order valence-electron chi connectivity index (χ0n) is 12.3. The van der Waals surface area contributed by atoms with Crippen LogP contribution >= 0.6 is 11.8 Å². The average Bonchev–Trinajstić information content (AvgIpc) is 2.77. The van der Waals surface area contributed by atoms with Gasteiger partial charge in [0.1, 0.15) is 0 Å². The van der Waals surface area contributed by atoms with E-state index >= 15 is 0 Å². The van der Waals surface area contributed by atoms with Gasteiger partial charge in [0.25, 0.3) is 0 Å². The molecule has 2 aliphatic heterocycles. The summed E-state index contributed by atoms with van der Waals surface area (Å²) in [4.78, 5) is 14.3. The van der Waals surface area contributed by atoms with Crippen molar-refractivity contribution in [2.75, 3.05) is 36.7 Å². The molecule has 1 saturated heterocycles. The first-order valence-corrected chi connectivity index (χ1v) is 8.33. The first kappa shape index (κ1) is 14.4. The molecule has 2 aliphatic rings. The van der Waals surface area contributed by atoms with Crippen molar-refractivity contribution in [3.05, 3.63) is 17.7 Å². The van der Waals surface area contributed by atoms with E-state index in [1.165, 1.54) is 0 Å². The number of ether oxygens (including phenoxy) is 2. The van der Waals surface area contributed by atoms with E-state index in [-0.39, 0.29) is 12.8 Å². The number of thioether (sulfide) groups is 1. The number of hydrogen-bond donors (Lipinski definition) is 1. The largest absolute Gasteiger partial charge is 0.454 e. The van der Waals surface area contributed by atoms with Gasteiger partial charge in [-0.25, -0.2) is 4.79 Å². The van der Waals surface area contributed by atoms with Gasteiger partial charge < -0.3 is 19.7 Å². The SMILES string of the molecule is Cc1cc2c(cc1NC(=O)N1CCSCC(C)C1)OCO2. The van der Waals surface area contributed by atoms with Crippen molar-refractivity contribution in [1.82, 2.24) is 4.90 Å². The number of hydrogen-bond acceptors (Lipinski definition) is 4. The van der Waals surface area contributed by atoms with Gasteiger partial charge in [-0.3, -0.25) is 0 Å². The van der Waals surface area contributed by atoms with Crippen LogP contribution in [0, 0.1) is 12.8 Å². The second-order valence-electron chi connectivity index (χ2n) is 5.58. The zero-order valence-corrected chi connectivity index (χ0v) is 13.2. The molecule has 3 rings (SSSR count). The molecule has 5 nitrogen and oxygen atoms in total. The number of nitrogens with one attached hydrogen (secondary N) is 1. The van der Waals surface area contributed by atoms with Gasteiger partial charge in [0, 0.05) is 30.6 Å². The lowest BCUT2D eigenvalue weighted by molar-refractivity contribution is 0.174. The molecule has 0 radical (unpaired) electrons. The smallest absolute Gasteiger partial charge is 0.321 e. The van der Waals surface area contributed by atoms with Gasteiger partial charge in [0.15, 0.2) is 11.5 Å². The normalized spacial score (nSPS) is 21.0. The first-order chi connectivity index (χ1) is 10.1. The van der Waals surface area contributed by atoms with E-state index in [0.717, 1.165) is 41.6 Å². The quantitative estimate of drug-likeness (QED) is 0.866. The van der Waals surface area contributed by atoms with Crippen molar-refractivity contribution in [1.29, 1.82) is 0 Å². The Morgan fingerprint density at radius 1 is 1.38 bits per heavy atom. The predicted molar refractivity (Wildman–Crippen MR) is 84.4 cm³/mol. The van der Waals surface area contributed by atoms with Crippen LogP contribution < -0.4 is 14.8 Å². The molecule has 0 spiro atoms. The molecule has 2 amide bonds. The van der Waals surface area contributed by atoms with Crippen LogP contribution in [-0.4, -0.2) is 42.3 Å². The third-order valence-corrected chi connectivity index (χ3v) is 4.96. The topological polar surface area (TPSA) is 50.8 Å². The lowest BCUT2D eigenvalue weighted by Crippen LogP contribution is -2.38. The second-order valence-corrected chi connectivity index (χ2v) is 6.73. The first-order valence-electron chi connectivity index (χ1n) is 7.17. The highest BCUT2D eigenvalue weighted by Gasteiger charge is 2.22. The number of carbonyl (C=O) groups excluding carboxylic acids is 1. The molecular weight excluding hydrogens is 288 g/mol. The third kappa shape index (κ3) is 3.20. The van der Waals surface area contributed by atoms with Gasteiger partial charge in [0.2, 0.25) is 6.79 Å². The predicted octanol–water partition coefficient (Wildman–Crippen LogP) is 2.94. The molecule has 0 aliphatic carbocycles. The minimum atomic E-state index is -0.0358. The van der Waals surface area contributed by atoms with Crippen LogP contribution in [0.25, 0.3) is 0 Å². The fraction of sp³-hybridized carbons (Fsp3) is 0.533. The van der Waals surface area contributed by atoms with Crippen LogP contribution in [0.2, 0.25) is 0 Å². The maximum absolute atomic E-state index is 12.5. The van der Waals surface area contributed by atoms with Gasteiger partial charge in [0.05, 0.1) is 0 Å². The minimum Gasteiger partial charge on any atom is -0.454 e. The number of carbonyl (C=O) groups is 1. The molecule has 0 bridgehead atoms. The number of urea groups is 1. The standard InChI is InChI=1S/C15H20N2O3S/c1-10-7-17(3-4-21-8-10)15(18)16-12-6-14-13(5-11(12)2)19-9-20-14/h5-6,10H,3-4,7-9H2,1-2H3,(H,16,18). The van der Waals surface area contributed by atoms with E-state index in [4.69, 9.17) is 9.47 Å². The second kappa shape index (κ2) is 6.05. The van der Waals surface area contributed by atoms with E-state index in [9.17, 15) is 4.79 Å². The third-order valence-electron chi connectivity index (χ3n) is 3.69. The van der Waals surface area contributed by atoms with E-state index < -0.39 is 0 Å². The molecule has 1 aromatic rings. The highest BCUT2D eigenvalue weighted by Crippen LogP contribution is 2.36. The van der Waals surface area contributed by atoms with Crippen LogP contribution in [0.1, 0.15) is 12.5 Å². The summed E-state index contributed by atoms with van der Waals surface area (Å²) in [5.74, 6) is 4.08. The van der Waals surface area contributed by atoms with Crippen molar-refractivity contribution in [2.45, 2.75) is 13.8 Å². The molecule has 2 heterocycles. The summed E-state index contributed by atoms with van der Waals surface area (Å²) >= 11 is 1.91. The van der Waals surface area contributed by atoms with E-state index in [1.54, 1.807) is 0 Å². The molecule has 6 heteroatoms. The van der Waals surface area contributed by atoms with E-state index in [1.807, 2.05) is 35.7 Å². The summed E-state index contributed by atoms with van der Waals surface area (Å²) in [6.07, 6.45) is 0. The van der Waals surface area contributed by atoms with Crippen molar-refractivity contribution in [3.8, 4) is 11.5 Å². The van der Waals surface area contributed by atoms with Gasteiger partial charge in [-0.15, -0.1) is 0 Å². The van der Waals surface area contributed by atoms with Crippen LogP contribution in [0.5, 0.6) is 11.5 Å². The zero-order chi connectivity index (χ0) is 14.8. The fourth-order valence-electron chi connectivity index (χ4n) is 2.54. The number of rotatable bonds is 1. The minimum absolute atomic E-state index is 0.0358. The van der Waals surface area contributed by atoms with Crippen LogP contribution in [0.15, 0.2) is 12.1 Å². The number of amides is 2. The van der Waals surface area contributed by atoms with Gasteiger partial charge in [-0.2, -0.15) is 11.8 Å². The van der Waals surface area contributed by atoms with Crippen LogP contribution in [0.3, 0.4) is 0 Å². The Morgan fingerprint density at radius 2 is 2.14 bits per heavy atom. The molecule has 1 unspecified atom stereocenters. The number of fused-ring (bicyclic) bond motifs is 1. The Hall–Kier alpha value is -1.56. The monoisotopic (exact) mass is 308 g/mol. The number of benzene rings is 1. The van der Waals surface area contributed by atoms with Gasteiger partial charge >= 0.3 is 6.03 Å². The summed E-state index contributed by atoms with van der Waals surface area (Å²) < 4.78 is 10.7. The molecule has 1 aromatic carbocycles. The lowest BCUT2D eigenvalue weighted by Gasteiger charge is -2.23. The Kier molecular flexibility index (Phi) is 4.14. The summed E-state index contributed by atoms with van der Waals surface area (Å²) in [5, 5.41) is 3.00. The van der Waals surface area contributed by atoms with Crippen LogP contribution in [-0.2, 0) is 0 Å². The Bertz CT molecular complexity index is 550. The van der Waals surface area contributed by atoms with Crippen molar-refractivity contribution in [3.63, 3.8) is 0 Å². The molecule has 0 aromatic heterocycles. The summed E-state index contributed by atoms with van der Waals surface area (Å²) in [7, 11) is 0. The fourth-order valence-corrected chi connectivity index (χ4v) is 3.56. The number of anilines is 1. The molecule has 1 fully saturated rings. The molecular formula is C15H20N2O3S. The Labute approximate surface area is 129 Å². The summed E-state index contributed by atoms with van der Waals surface area (Å²) in [6.45, 7) is 5.99.